The molecule has 158 valence electrons. The van der Waals surface area contributed by atoms with E-state index < -0.39 is 18.7 Å². The highest BCUT2D eigenvalue weighted by molar-refractivity contribution is 6.21. The van der Waals surface area contributed by atoms with E-state index in [2.05, 4.69) is 9.64 Å². The molecule has 0 N–H and O–H groups in total. The van der Waals surface area contributed by atoms with Gasteiger partial charge in [0.15, 0.2) is 0 Å². The molecular formula is C19H22F3N3O4. The van der Waals surface area contributed by atoms with Gasteiger partial charge in [-0.05, 0) is 24.6 Å². The zero-order chi connectivity index (χ0) is 21.2. The molecule has 3 amide bonds. The minimum atomic E-state index is -4.31. The van der Waals surface area contributed by atoms with Crippen LogP contribution >= 0.6 is 0 Å². The second-order valence-corrected chi connectivity index (χ2v) is 7.08. The standard InChI is InChI=1S/C19H22F3N3O4/c1-23-17(27)14-4-3-13(11-15(14)18(23)28)16(26)25-8-6-24(7-9-25)5-2-10-29-12-19(20,21)22/h3-4,11H,2,5-10,12H2,1H3. The SMILES string of the molecule is CN1C(=O)c2ccc(C(=O)N3CCN(CCCOCC(F)(F)F)CC3)cc2C1=O. The summed E-state index contributed by atoms with van der Waals surface area (Å²) in [5.74, 6) is -1.01. The first-order valence-corrected chi connectivity index (χ1v) is 9.30. The average Bonchev–Trinajstić information content (AvgIpc) is 2.90. The van der Waals surface area contributed by atoms with E-state index in [1.165, 1.54) is 19.2 Å². The summed E-state index contributed by atoms with van der Waals surface area (Å²) in [7, 11) is 1.40. The van der Waals surface area contributed by atoms with E-state index in [0.29, 0.717) is 50.3 Å². The van der Waals surface area contributed by atoms with Crippen molar-refractivity contribution in [2.45, 2.75) is 12.6 Å². The van der Waals surface area contributed by atoms with Gasteiger partial charge < -0.3 is 9.64 Å². The Labute approximate surface area is 166 Å². The summed E-state index contributed by atoms with van der Waals surface area (Å²) in [6.45, 7) is 1.57. The van der Waals surface area contributed by atoms with Crippen molar-refractivity contribution in [2.24, 2.45) is 0 Å². The molecular weight excluding hydrogens is 391 g/mol. The van der Waals surface area contributed by atoms with Crippen LogP contribution in [-0.4, -0.2) is 91.6 Å². The first-order chi connectivity index (χ1) is 13.7. The van der Waals surface area contributed by atoms with Crippen molar-refractivity contribution in [1.29, 1.82) is 0 Å². The molecule has 0 saturated carbocycles. The van der Waals surface area contributed by atoms with E-state index >= 15 is 0 Å². The summed E-state index contributed by atoms with van der Waals surface area (Å²) in [6, 6.07) is 4.52. The van der Waals surface area contributed by atoms with Crippen molar-refractivity contribution >= 4 is 17.7 Å². The highest BCUT2D eigenvalue weighted by Crippen LogP contribution is 2.23. The lowest BCUT2D eigenvalue weighted by Crippen LogP contribution is -2.49. The van der Waals surface area contributed by atoms with Crippen LogP contribution in [0.5, 0.6) is 0 Å². The minimum Gasteiger partial charge on any atom is -0.372 e. The molecule has 2 aliphatic heterocycles. The minimum absolute atomic E-state index is 0.0367. The van der Waals surface area contributed by atoms with Gasteiger partial charge in [-0.25, -0.2) is 0 Å². The number of carbonyl (C=O) groups excluding carboxylic acids is 3. The van der Waals surface area contributed by atoms with Gasteiger partial charge in [-0.2, -0.15) is 13.2 Å². The Morgan fingerprint density at radius 1 is 1.07 bits per heavy atom. The highest BCUT2D eigenvalue weighted by Gasteiger charge is 2.34. The zero-order valence-corrected chi connectivity index (χ0v) is 16.0. The van der Waals surface area contributed by atoms with E-state index in [-0.39, 0.29) is 24.0 Å². The molecule has 29 heavy (non-hydrogen) atoms. The maximum absolute atomic E-state index is 12.7. The summed E-state index contributed by atoms with van der Waals surface area (Å²) in [5.41, 5.74) is 0.890. The predicted molar refractivity (Wildman–Crippen MR) is 96.7 cm³/mol. The molecule has 7 nitrogen and oxygen atoms in total. The Bertz CT molecular complexity index is 804. The number of benzene rings is 1. The van der Waals surface area contributed by atoms with Gasteiger partial charge in [-0.3, -0.25) is 24.2 Å². The Morgan fingerprint density at radius 3 is 2.38 bits per heavy atom. The van der Waals surface area contributed by atoms with Gasteiger partial charge in [-0.1, -0.05) is 0 Å². The largest absolute Gasteiger partial charge is 0.411 e. The summed E-state index contributed by atoms with van der Waals surface area (Å²) in [5, 5.41) is 0. The highest BCUT2D eigenvalue weighted by atomic mass is 19.4. The fourth-order valence-electron chi connectivity index (χ4n) is 3.43. The van der Waals surface area contributed by atoms with Crippen LogP contribution in [0.2, 0.25) is 0 Å². The Kier molecular flexibility index (Phi) is 6.23. The number of rotatable bonds is 6. The van der Waals surface area contributed by atoms with Crippen molar-refractivity contribution < 1.29 is 32.3 Å². The zero-order valence-electron chi connectivity index (χ0n) is 16.0. The van der Waals surface area contributed by atoms with E-state index in [9.17, 15) is 27.6 Å². The summed E-state index contributed by atoms with van der Waals surface area (Å²) < 4.78 is 40.7. The molecule has 0 bridgehead atoms. The van der Waals surface area contributed by atoms with Crippen LogP contribution in [0.3, 0.4) is 0 Å². The Balaban J connectivity index is 1.47. The quantitative estimate of drug-likeness (QED) is 0.524. The maximum atomic E-state index is 12.7. The molecule has 1 fully saturated rings. The van der Waals surface area contributed by atoms with E-state index in [4.69, 9.17) is 0 Å². The van der Waals surface area contributed by atoms with Gasteiger partial charge in [0.1, 0.15) is 6.61 Å². The van der Waals surface area contributed by atoms with Gasteiger partial charge in [0.25, 0.3) is 17.7 Å². The Morgan fingerprint density at radius 2 is 1.72 bits per heavy atom. The molecule has 10 heteroatoms. The van der Waals surface area contributed by atoms with Gasteiger partial charge in [0, 0.05) is 51.9 Å². The number of ether oxygens (including phenoxy) is 1. The second-order valence-electron chi connectivity index (χ2n) is 7.08. The average molecular weight is 413 g/mol. The van der Waals surface area contributed by atoms with E-state index in [1.54, 1.807) is 11.0 Å². The molecule has 0 radical (unpaired) electrons. The van der Waals surface area contributed by atoms with Crippen LogP contribution in [0.15, 0.2) is 18.2 Å². The number of imide groups is 1. The van der Waals surface area contributed by atoms with Gasteiger partial charge >= 0.3 is 6.18 Å². The monoisotopic (exact) mass is 413 g/mol. The van der Waals surface area contributed by atoms with Crippen LogP contribution < -0.4 is 0 Å². The first-order valence-electron chi connectivity index (χ1n) is 9.30. The van der Waals surface area contributed by atoms with E-state index in [0.717, 1.165) is 4.90 Å². The summed E-state index contributed by atoms with van der Waals surface area (Å²) in [4.78, 5) is 41.5. The smallest absolute Gasteiger partial charge is 0.372 e. The first kappa shape index (κ1) is 21.3. The number of alkyl halides is 3. The lowest BCUT2D eigenvalue weighted by Gasteiger charge is -2.34. The number of hydrogen-bond donors (Lipinski definition) is 0. The third-order valence-electron chi connectivity index (χ3n) is 5.02. The number of hydrogen-bond acceptors (Lipinski definition) is 5. The third-order valence-corrected chi connectivity index (χ3v) is 5.02. The topological polar surface area (TPSA) is 70.2 Å². The van der Waals surface area contributed by atoms with Crippen molar-refractivity contribution in [3.05, 3.63) is 34.9 Å². The molecule has 0 aliphatic carbocycles. The predicted octanol–water partition coefficient (Wildman–Crippen LogP) is 1.64. The van der Waals surface area contributed by atoms with Gasteiger partial charge in [-0.15, -0.1) is 0 Å². The Hall–Kier alpha value is -2.46. The third kappa shape index (κ3) is 4.94. The molecule has 0 spiro atoms. The number of nitrogens with zero attached hydrogens (tertiary/aromatic N) is 3. The fourth-order valence-corrected chi connectivity index (χ4v) is 3.43. The normalized spacial score (nSPS) is 17.8. The molecule has 0 atom stereocenters. The fraction of sp³-hybridized carbons (Fsp3) is 0.526. The number of halogens is 3. The summed E-state index contributed by atoms with van der Waals surface area (Å²) >= 11 is 0. The van der Waals surface area contributed by atoms with Crippen LogP contribution in [0.25, 0.3) is 0 Å². The van der Waals surface area contributed by atoms with Crippen molar-refractivity contribution in [3.8, 4) is 0 Å². The number of fused-ring (bicyclic) bond motifs is 1. The van der Waals surface area contributed by atoms with Gasteiger partial charge in [0.05, 0.1) is 11.1 Å². The molecule has 1 aromatic carbocycles. The molecule has 1 aromatic rings. The van der Waals surface area contributed by atoms with Crippen LogP contribution in [-0.2, 0) is 4.74 Å². The van der Waals surface area contributed by atoms with Gasteiger partial charge in [0.2, 0.25) is 0 Å². The molecule has 1 saturated heterocycles. The molecule has 0 unspecified atom stereocenters. The van der Waals surface area contributed by atoms with Crippen molar-refractivity contribution in [2.75, 3.05) is 53.0 Å². The van der Waals surface area contributed by atoms with Crippen LogP contribution in [0.4, 0.5) is 13.2 Å². The molecule has 2 heterocycles. The molecule has 3 rings (SSSR count). The van der Waals surface area contributed by atoms with Crippen molar-refractivity contribution in [1.82, 2.24) is 14.7 Å². The number of carbonyl (C=O) groups is 3. The molecule has 2 aliphatic rings. The van der Waals surface area contributed by atoms with Crippen LogP contribution in [0, 0.1) is 0 Å². The van der Waals surface area contributed by atoms with E-state index in [1.807, 2.05) is 0 Å². The summed E-state index contributed by atoms with van der Waals surface area (Å²) in [6.07, 6.45) is -3.82. The lowest BCUT2D eigenvalue weighted by molar-refractivity contribution is -0.174. The maximum Gasteiger partial charge on any atom is 0.411 e. The molecule has 0 aromatic heterocycles. The number of amides is 3. The lowest BCUT2D eigenvalue weighted by atomic mass is 10.0. The second kappa shape index (κ2) is 8.50. The number of piperazine rings is 1. The van der Waals surface area contributed by atoms with Crippen LogP contribution in [0.1, 0.15) is 37.5 Å². The van der Waals surface area contributed by atoms with Crippen molar-refractivity contribution in [3.63, 3.8) is 0 Å².